The van der Waals surface area contributed by atoms with Crippen molar-refractivity contribution < 1.29 is 4.42 Å². The molecule has 0 aliphatic heterocycles. The first-order chi connectivity index (χ1) is 7.75. The lowest BCUT2D eigenvalue weighted by Crippen LogP contribution is -2.06. The summed E-state index contributed by atoms with van der Waals surface area (Å²) in [4.78, 5) is 0. The Labute approximate surface area is 99.3 Å². The molecule has 1 aromatic carbocycles. The lowest BCUT2D eigenvalue weighted by Gasteiger charge is -2.06. The first-order valence-corrected chi connectivity index (χ1v) is 5.36. The molecule has 1 unspecified atom stereocenters. The van der Waals surface area contributed by atoms with Crippen LogP contribution in [0, 0.1) is 0 Å². The SMILES string of the molecule is NC(/C=C/c1ccco1)c1ccc(Cl)cc1. The van der Waals surface area contributed by atoms with E-state index in [1.807, 2.05) is 48.6 Å². The fraction of sp³-hybridized carbons (Fsp3) is 0.0769. The van der Waals surface area contributed by atoms with Crippen LogP contribution in [0.15, 0.2) is 53.2 Å². The number of hydrogen-bond acceptors (Lipinski definition) is 2. The summed E-state index contributed by atoms with van der Waals surface area (Å²) in [5.74, 6) is 0.796. The van der Waals surface area contributed by atoms with E-state index in [0.29, 0.717) is 5.02 Å². The number of furan rings is 1. The molecule has 0 aliphatic carbocycles. The van der Waals surface area contributed by atoms with Gasteiger partial charge in [0.1, 0.15) is 5.76 Å². The summed E-state index contributed by atoms with van der Waals surface area (Å²) in [6, 6.07) is 11.1. The maximum atomic E-state index is 5.99. The molecular formula is C13H12ClNO. The molecule has 3 heteroatoms. The van der Waals surface area contributed by atoms with Crippen LogP contribution in [0.5, 0.6) is 0 Å². The second kappa shape index (κ2) is 5.01. The van der Waals surface area contributed by atoms with Crippen molar-refractivity contribution in [1.82, 2.24) is 0 Å². The average Bonchev–Trinajstić information content (AvgIpc) is 2.80. The first-order valence-electron chi connectivity index (χ1n) is 4.98. The van der Waals surface area contributed by atoms with Gasteiger partial charge < -0.3 is 10.2 Å². The van der Waals surface area contributed by atoms with Gasteiger partial charge in [0, 0.05) is 11.1 Å². The zero-order valence-corrected chi connectivity index (χ0v) is 9.39. The molecule has 0 bridgehead atoms. The van der Waals surface area contributed by atoms with Gasteiger partial charge in [-0.15, -0.1) is 0 Å². The van der Waals surface area contributed by atoms with E-state index in [1.165, 1.54) is 0 Å². The van der Waals surface area contributed by atoms with Crippen LogP contribution in [0.4, 0.5) is 0 Å². The highest BCUT2D eigenvalue weighted by Crippen LogP contribution is 2.16. The molecule has 1 aromatic heterocycles. The van der Waals surface area contributed by atoms with Crippen LogP contribution < -0.4 is 5.73 Å². The number of nitrogens with two attached hydrogens (primary N) is 1. The highest BCUT2D eigenvalue weighted by molar-refractivity contribution is 6.30. The third-order valence-electron chi connectivity index (χ3n) is 2.27. The summed E-state index contributed by atoms with van der Waals surface area (Å²) in [6.07, 6.45) is 5.38. The van der Waals surface area contributed by atoms with Crippen LogP contribution in [-0.4, -0.2) is 0 Å². The largest absolute Gasteiger partial charge is 0.465 e. The molecule has 0 saturated carbocycles. The van der Waals surface area contributed by atoms with Gasteiger partial charge in [-0.05, 0) is 35.9 Å². The lowest BCUT2D eigenvalue weighted by atomic mass is 10.1. The van der Waals surface area contributed by atoms with Crippen LogP contribution in [0.25, 0.3) is 6.08 Å². The zero-order valence-electron chi connectivity index (χ0n) is 8.64. The average molecular weight is 234 g/mol. The van der Waals surface area contributed by atoms with Gasteiger partial charge in [-0.25, -0.2) is 0 Å². The van der Waals surface area contributed by atoms with Gasteiger partial charge in [0.2, 0.25) is 0 Å². The third kappa shape index (κ3) is 2.75. The van der Waals surface area contributed by atoms with Crippen molar-refractivity contribution in [3.8, 4) is 0 Å². The molecule has 2 nitrogen and oxygen atoms in total. The van der Waals surface area contributed by atoms with Crippen molar-refractivity contribution in [2.24, 2.45) is 5.73 Å². The van der Waals surface area contributed by atoms with Crippen molar-refractivity contribution in [3.63, 3.8) is 0 Å². The van der Waals surface area contributed by atoms with E-state index in [0.717, 1.165) is 11.3 Å². The summed E-state index contributed by atoms with van der Waals surface area (Å²) in [5.41, 5.74) is 7.01. The Morgan fingerprint density at radius 2 is 1.94 bits per heavy atom. The molecule has 16 heavy (non-hydrogen) atoms. The maximum absolute atomic E-state index is 5.99. The molecule has 0 spiro atoms. The molecule has 1 heterocycles. The van der Waals surface area contributed by atoms with E-state index in [9.17, 15) is 0 Å². The van der Waals surface area contributed by atoms with Crippen molar-refractivity contribution >= 4 is 17.7 Å². The van der Waals surface area contributed by atoms with Crippen LogP contribution in [0.1, 0.15) is 17.4 Å². The van der Waals surface area contributed by atoms with E-state index in [2.05, 4.69) is 0 Å². The van der Waals surface area contributed by atoms with Gasteiger partial charge in [0.05, 0.1) is 6.26 Å². The number of halogens is 1. The van der Waals surface area contributed by atoms with Crippen molar-refractivity contribution in [2.45, 2.75) is 6.04 Å². The minimum Gasteiger partial charge on any atom is -0.465 e. The molecule has 0 amide bonds. The standard InChI is InChI=1S/C13H12ClNO/c14-11-5-3-10(4-6-11)13(15)8-7-12-2-1-9-16-12/h1-9,13H,15H2/b8-7+. The molecule has 2 aromatic rings. The molecule has 1 atom stereocenters. The van der Waals surface area contributed by atoms with Crippen LogP contribution >= 0.6 is 11.6 Å². The van der Waals surface area contributed by atoms with E-state index in [-0.39, 0.29) is 6.04 Å². The smallest absolute Gasteiger partial charge is 0.126 e. The first kappa shape index (κ1) is 11.0. The van der Waals surface area contributed by atoms with Crippen LogP contribution in [-0.2, 0) is 0 Å². The summed E-state index contributed by atoms with van der Waals surface area (Å²) >= 11 is 5.80. The monoisotopic (exact) mass is 233 g/mol. The third-order valence-corrected chi connectivity index (χ3v) is 2.52. The molecular weight excluding hydrogens is 222 g/mol. The molecule has 2 N–H and O–H groups in total. The normalized spacial score (nSPS) is 13.1. The Kier molecular flexibility index (Phi) is 3.44. The Morgan fingerprint density at radius 1 is 1.19 bits per heavy atom. The predicted octanol–water partition coefficient (Wildman–Crippen LogP) is 3.65. The van der Waals surface area contributed by atoms with Gasteiger partial charge in [-0.3, -0.25) is 0 Å². The fourth-order valence-corrected chi connectivity index (χ4v) is 1.51. The highest BCUT2D eigenvalue weighted by Gasteiger charge is 2.01. The Morgan fingerprint density at radius 3 is 2.56 bits per heavy atom. The quantitative estimate of drug-likeness (QED) is 0.879. The summed E-state index contributed by atoms with van der Waals surface area (Å²) in [7, 11) is 0. The molecule has 2 rings (SSSR count). The van der Waals surface area contributed by atoms with Crippen molar-refractivity contribution in [3.05, 3.63) is 65.1 Å². The summed E-state index contributed by atoms with van der Waals surface area (Å²) in [6.45, 7) is 0. The van der Waals surface area contributed by atoms with E-state index in [4.69, 9.17) is 21.8 Å². The second-order valence-corrected chi connectivity index (χ2v) is 3.89. The highest BCUT2D eigenvalue weighted by atomic mass is 35.5. The number of hydrogen-bond donors (Lipinski definition) is 1. The zero-order chi connectivity index (χ0) is 11.4. The summed E-state index contributed by atoms with van der Waals surface area (Å²) in [5, 5.41) is 0.714. The minimum atomic E-state index is -0.151. The van der Waals surface area contributed by atoms with Crippen molar-refractivity contribution in [2.75, 3.05) is 0 Å². The topological polar surface area (TPSA) is 39.2 Å². The van der Waals surface area contributed by atoms with Gasteiger partial charge in [0.25, 0.3) is 0 Å². The molecule has 0 aliphatic rings. The molecule has 0 fully saturated rings. The summed E-state index contributed by atoms with van der Waals surface area (Å²) < 4.78 is 5.18. The lowest BCUT2D eigenvalue weighted by molar-refractivity contribution is 0.556. The number of rotatable bonds is 3. The molecule has 0 radical (unpaired) electrons. The Balaban J connectivity index is 2.08. The maximum Gasteiger partial charge on any atom is 0.126 e. The Hall–Kier alpha value is -1.51. The van der Waals surface area contributed by atoms with Gasteiger partial charge in [-0.1, -0.05) is 29.8 Å². The van der Waals surface area contributed by atoms with Crippen molar-refractivity contribution in [1.29, 1.82) is 0 Å². The van der Waals surface area contributed by atoms with Crippen LogP contribution in [0.3, 0.4) is 0 Å². The van der Waals surface area contributed by atoms with Crippen LogP contribution in [0.2, 0.25) is 5.02 Å². The molecule has 82 valence electrons. The molecule has 0 saturated heterocycles. The van der Waals surface area contributed by atoms with Gasteiger partial charge in [0.15, 0.2) is 0 Å². The predicted molar refractivity (Wildman–Crippen MR) is 66.1 cm³/mol. The Bertz CT molecular complexity index is 459. The van der Waals surface area contributed by atoms with Gasteiger partial charge in [-0.2, -0.15) is 0 Å². The van der Waals surface area contributed by atoms with Gasteiger partial charge >= 0.3 is 0 Å². The van der Waals surface area contributed by atoms with E-state index in [1.54, 1.807) is 6.26 Å². The van der Waals surface area contributed by atoms with E-state index < -0.39 is 0 Å². The number of benzene rings is 1. The fourth-order valence-electron chi connectivity index (χ4n) is 1.38. The minimum absolute atomic E-state index is 0.151. The second-order valence-electron chi connectivity index (χ2n) is 3.45. The van der Waals surface area contributed by atoms with E-state index >= 15 is 0 Å².